The predicted molar refractivity (Wildman–Crippen MR) is 146 cm³/mol. The van der Waals surface area contributed by atoms with Gasteiger partial charge in [-0.2, -0.15) is 0 Å². The molecular formula is C32H22N2O2. The molecule has 0 bridgehead atoms. The second-order valence-electron chi connectivity index (χ2n) is 9.05. The predicted octanol–water partition coefficient (Wildman–Crippen LogP) is 7.61. The number of H-pyrrole nitrogens is 1. The first-order valence-electron chi connectivity index (χ1n) is 12.0. The number of fused-ring (bicyclic) bond motifs is 4. The summed E-state index contributed by atoms with van der Waals surface area (Å²) in [6.07, 6.45) is 2.17. The van der Waals surface area contributed by atoms with E-state index in [-0.39, 0.29) is 5.63 Å². The number of hydrogen-bond acceptors (Lipinski definition) is 2. The number of aromatic nitrogens is 2. The van der Waals surface area contributed by atoms with Gasteiger partial charge in [0.25, 0.3) is 0 Å². The molecule has 7 aromatic rings. The van der Waals surface area contributed by atoms with Crippen LogP contribution in [0.4, 0.5) is 0 Å². The van der Waals surface area contributed by atoms with Crippen LogP contribution in [0.3, 0.4) is 0 Å². The Labute approximate surface area is 207 Å². The molecule has 0 unspecified atom stereocenters. The summed E-state index contributed by atoms with van der Waals surface area (Å²) in [5.74, 6) is 0. The van der Waals surface area contributed by atoms with Crippen molar-refractivity contribution in [2.24, 2.45) is 0 Å². The Kier molecular flexibility index (Phi) is 4.64. The maximum Gasteiger partial charge on any atom is 0.346 e. The minimum absolute atomic E-state index is 0.336. The van der Waals surface area contributed by atoms with E-state index in [9.17, 15) is 4.79 Å². The van der Waals surface area contributed by atoms with Crippen molar-refractivity contribution < 1.29 is 4.42 Å². The molecule has 7 rings (SSSR count). The highest BCUT2D eigenvalue weighted by Crippen LogP contribution is 2.42. The molecule has 0 amide bonds. The summed E-state index contributed by atoms with van der Waals surface area (Å²) in [7, 11) is 0. The molecule has 0 aliphatic heterocycles. The molecule has 36 heavy (non-hydrogen) atoms. The highest BCUT2D eigenvalue weighted by molar-refractivity contribution is 6.15. The Morgan fingerprint density at radius 2 is 1.39 bits per heavy atom. The van der Waals surface area contributed by atoms with Gasteiger partial charge in [0.05, 0.1) is 16.6 Å². The number of benzene rings is 4. The summed E-state index contributed by atoms with van der Waals surface area (Å²) in [4.78, 5) is 17.1. The van der Waals surface area contributed by atoms with Gasteiger partial charge in [-0.1, -0.05) is 91.0 Å². The van der Waals surface area contributed by atoms with Crippen LogP contribution in [0, 0.1) is 0 Å². The molecule has 0 saturated carbocycles. The van der Waals surface area contributed by atoms with Gasteiger partial charge >= 0.3 is 5.63 Å². The molecule has 3 heterocycles. The van der Waals surface area contributed by atoms with Gasteiger partial charge in [-0.25, -0.2) is 4.79 Å². The average Bonchev–Trinajstić information content (AvgIpc) is 3.50. The Balaban J connectivity index is 1.59. The molecule has 172 valence electrons. The Hall–Kier alpha value is -4.83. The van der Waals surface area contributed by atoms with E-state index in [2.05, 4.69) is 70.3 Å². The van der Waals surface area contributed by atoms with Crippen LogP contribution in [0.1, 0.15) is 5.56 Å². The summed E-state index contributed by atoms with van der Waals surface area (Å²) < 4.78 is 8.08. The zero-order valence-corrected chi connectivity index (χ0v) is 19.4. The van der Waals surface area contributed by atoms with Crippen LogP contribution in [0.15, 0.2) is 125 Å². The topological polar surface area (TPSA) is 50.9 Å². The van der Waals surface area contributed by atoms with E-state index in [4.69, 9.17) is 4.42 Å². The molecule has 1 N–H and O–H groups in total. The number of hydrogen-bond donors (Lipinski definition) is 1. The lowest BCUT2D eigenvalue weighted by atomic mass is 9.98. The van der Waals surface area contributed by atoms with Crippen LogP contribution in [0.2, 0.25) is 0 Å². The standard InChI is InChI=1S/C32H22N2O2/c35-32-29-28(25-20-34(19-21-11-3-1-4-12-21)26-17-9-7-15-23(25)26)30(22-13-5-2-6-14-22)33-31(29)24-16-8-10-18-27(24)36-32/h1-18,20,33H,19H2. The molecule has 4 aromatic carbocycles. The van der Waals surface area contributed by atoms with E-state index in [0.29, 0.717) is 11.0 Å². The smallest absolute Gasteiger partial charge is 0.346 e. The third kappa shape index (κ3) is 3.19. The third-order valence-corrected chi connectivity index (χ3v) is 6.88. The molecular weight excluding hydrogens is 444 g/mol. The quantitative estimate of drug-likeness (QED) is 0.271. The maximum absolute atomic E-state index is 13.5. The van der Waals surface area contributed by atoms with Gasteiger partial charge < -0.3 is 14.0 Å². The molecule has 0 spiro atoms. The number of rotatable bonds is 4. The van der Waals surface area contributed by atoms with Crippen LogP contribution < -0.4 is 5.63 Å². The molecule has 4 heteroatoms. The summed E-state index contributed by atoms with van der Waals surface area (Å²) in [5, 5.41) is 2.57. The zero-order chi connectivity index (χ0) is 24.1. The fourth-order valence-corrected chi connectivity index (χ4v) is 5.27. The monoisotopic (exact) mass is 466 g/mol. The van der Waals surface area contributed by atoms with E-state index in [1.54, 1.807) is 0 Å². The molecule has 0 atom stereocenters. The number of nitrogens with zero attached hydrogens (tertiary/aromatic N) is 1. The van der Waals surface area contributed by atoms with Gasteiger partial charge in [0, 0.05) is 40.2 Å². The van der Waals surface area contributed by atoms with Gasteiger partial charge in [0.1, 0.15) is 5.58 Å². The summed E-state index contributed by atoms with van der Waals surface area (Å²) in [5.41, 5.74) is 7.20. The van der Waals surface area contributed by atoms with Crippen molar-refractivity contribution in [2.75, 3.05) is 0 Å². The van der Waals surface area contributed by atoms with E-state index in [0.717, 1.165) is 50.7 Å². The van der Waals surface area contributed by atoms with Gasteiger partial charge in [0.15, 0.2) is 0 Å². The maximum atomic E-state index is 13.5. The van der Waals surface area contributed by atoms with E-state index in [1.807, 2.05) is 54.6 Å². The van der Waals surface area contributed by atoms with Crippen LogP contribution in [0.25, 0.3) is 55.2 Å². The molecule has 0 aliphatic carbocycles. The number of para-hydroxylation sites is 2. The summed E-state index contributed by atoms with van der Waals surface area (Å²) >= 11 is 0. The largest absolute Gasteiger partial charge is 0.422 e. The first kappa shape index (κ1) is 20.5. The summed E-state index contributed by atoms with van der Waals surface area (Å²) in [6.45, 7) is 0.738. The van der Waals surface area contributed by atoms with Crippen molar-refractivity contribution in [3.8, 4) is 22.4 Å². The van der Waals surface area contributed by atoms with Crippen molar-refractivity contribution in [3.63, 3.8) is 0 Å². The first-order valence-corrected chi connectivity index (χ1v) is 12.0. The molecule has 0 aliphatic rings. The number of aromatic amines is 1. The summed E-state index contributed by atoms with van der Waals surface area (Å²) in [6, 6.07) is 36.7. The lowest BCUT2D eigenvalue weighted by Crippen LogP contribution is -2.00. The van der Waals surface area contributed by atoms with E-state index >= 15 is 0 Å². The first-order chi connectivity index (χ1) is 17.8. The van der Waals surface area contributed by atoms with Crippen molar-refractivity contribution in [1.29, 1.82) is 0 Å². The Morgan fingerprint density at radius 1 is 0.722 bits per heavy atom. The van der Waals surface area contributed by atoms with Crippen LogP contribution in [-0.2, 0) is 6.54 Å². The van der Waals surface area contributed by atoms with Gasteiger partial charge in [-0.3, -0.25) is 0 Å². The average molecular weight is 467 g/mol. The normalized spacial score (nSPS) is 11.6. The van der Waals surface area contributed by atoms with Gasteiger partial charge in [0.2, 0.25) is 0 Å². The third-order valence-electron chi connectivity index (χ3n) is 6.88. The highest BCUT2D eigenvalue weighted by atomic mass is 16.4. The van der Waals surface area contributed by atoms with E-state index < -0.39 is 0 Å². The van der Waals surface area contributed by atoms with Gasteiger partial charge in [-0.15, -0.1) is 0 Å². The lowest BCUT2D eigenvalue weighted by molar-refractivity contribution is 0.570. The second kappa shape index (κ2) is 8.14. The van der Waals surface area contributed by atoms with Crippen molar-refractivity contribution >= 4 is 32.8 Å². The molecule has 0 radical (unpaired) electrons. The molecule has 3 aromatic heterocycles. The van der Waals surface area contributed by atoms with Crippen LogP contribution >= 0.6 is 0 Å². The molecule has 4 nitrogen and oxygen atoms in total. The SMILES string of the molecule is O=c1oc2ccccc2c2[nH]c(-c3ccccc3)c(-c3cn(Cc4ccccc4)c4ccccc34)c12. The lowest BCUT2D eigenvalue weighted by Gasteiger charge is -2.05. The molecule has 0 fully saturated rings. The van der Waals surface area contributed by atoms with E-state index in [1.165, 1.54) is 5.56 Å². The number of nitrogens with one attached hydrogen (secondary N) is 1. The van der Waals surface area contributed by atoms with Crippen LogP contribution in [0.5, 0.6) is 0 Å². The Bertz CT molecular complexity index is 1930. The van der Waals surface area contributed by atoms with Crippen molar-refractivity contribution in [3.05, 3.63) is 131 Å². The fraction of sp³-hybridized carbons (Fsp3) is 0.0312. The van der Waals surface area contributed by atoms with Crippen molar-refractivity contribution in [2.45, 2.75) is 6.54 Å². The second-order valence-corrected chi connectivity index (χ2v) is 9.05. The minimum Gasteiger partial charge on any atom is -0.422 e. The van der Waals surface area contributed by atoms with Crippen molar-refractivity contribution in [1.82, 2.24) is 9.55 Å². The zero-order valence-electron chi connectivity index (χ0n) is 19.4. The highest BCUT2D eigenvalue weighted by Gasteiger charge is 2.23. The Morgan fingerprint density at radius 3 is 2.19 bits per heavy atom. The van der Waals surface area contributed by atoms with Crippen LogP contribution in [-0.4, -0.2) is 9.55 Å². The fourth-order valence-electron chi connectivity index (χ4n) is 5.27. The minimum atomic E-state index is -0.336. The molecule has 0 saturated heterocycles. The van der Waals surface area contributed by atoms with Gasteiger partial charge in [-0.05, 0) is 29.3 Å².